The van der Waals surface area contributed by atoms with E-state index in [4.69, 9.17) is 19.9 Å². The van der Waals surface area contributed by atoms with Crippen molar-refractivity contribution in [3.8, 4) is 0 Å². The van der Waals surface area contributed by atoms with Gasteiger partial charge in [-0.3, -0.25) is 4.79 Å². The Labute approximate surface area is 119 Å². The highest BCUT2D eigenvalue weighted by atomic mass is 16.5. The first kappa shape index (κ1) is 16.4. The van der Waals surface area contributed by atoms with E-state index in [0.717, 1.165) is 6.42 Å². The van der Waals surface area contributed by atoms with Gasteiger partial charge >= 0.3 is 0 Å². The number of benzene rings is 1. The second kappa shape index (κ2) is 10.2. The highest BCUT2D eigenvalue weighted by Gasteiger charge is 2.04. The predicted molar refractivity (Wildman–Crippen MR) is 77.6 cm³/mol. The van der Waals surface area contributed by atoms with Crippen LogP contribution in [0.15, 0.2) is 24.3 Å². The number of para-hydroxylation sites is 2. The van der Waals surface area contributed by atoms with Crippen LogP contribution < -0.4 is 11.1 Å². The number of rotatable bonds is 10. The SMILES string of the molecule is COCCOCCCOCC(=O)Nc1ccccc1N. The summed E-state index contributed by atoms with van der Waals surface area (Å²) in [5, 5.41) is 2.69. The third-order valence-corrected chi connectivity index (χ3v) is 2.48. The first-order chi connectivity index (χ1) is 9.74. The Bertz CT molecular complexity index is 399. The van der Waals surface area contributed by atoms with Gasteiger partial charge in [-0.25, -0.2) is 0 Å². The van der Waals surface area contributed by atoms with Crippen LogP contribution in [-0.2, 0) is 19.0 Å². The second-order valence-corrected chi connectivity index (χ2v) is 4.15. The van der Waals surface area contributed by atoms with Gasteiger partial charge in [-0.15, -0.1) is 0 Å². The van der Waals surface area contributed by atoms with Crippen molar-refractivity contribution < 1.29 is 19.0 Å². The summed E-state index contributed by atoms with van der Waals surface area (Å²) in [4.78, 5) is 11.6. The van der Waals surface area contributed by atoms with Crippen molar-refractivity contribution in [2.24, 2.45) is 0 Å². The molecule has 1 aromatic rings. The molecule has 1 aromatic carbocycles. The van der Waals surface area contributed by atoms with E-state index < -0.39 is 0 Å². The highest BCUT2D eigenvalue weighted by Crippen LogP contribution is 2.16. The van der Waals surface area contributed by atoms with Gasteiger partial charge in [0, 0.05) is 20.3 Å². The Hall–Kier alpha value is -1.63. The van der Waals surface area contributed by atoms with Crippen molar-refractivity contribution in [3.63, 3.8) is 0 Å². The van der Waals surface area contributed by atoms with Gasteiger partial charge in [0.2, 0.25) is 5.91 Å². The fraction of sp³-hybridized carbons (Fsp3) is 0.500. The van der Waals surface area contributed by atoms with Crippen LogP contribution in [0.1, 0.15) is 6.42 Å². The molecule has 0 aromatic heterocycles. The Morgan fingerprint density at radius 1 is 1.15 bits per heavy atom. The summed E-state index contributed by atoms with van der Waals surface area (Å²) in [6.45, 7) is 2.24. The van der Waals surface area contributed by atoms with E-state index >= 15 is 0 Å². The molecule has 0 unspecified atom stereocenters. The van der Waals surface area contributed by atoms with E-state index in [1.165, 1.54) is 0 Å². The highest BCUT2D eigenvalue weighted by molar-refractivity contribution is 5.94. The van der Waals surface area contributed by atoms with Gasteiger partial charge in [0.15, 0.2) is 0 Å². The summed E-state index contributed by atoms with van der Waals surface area (Å²) in [6, 6.07) is 7.10. The quantitative estimate of drug-likeness (QED) is 0.499. The molecule has 3 N–H and O–H groups in total. The van der Waals surface area contributed by atoms with E-state index in [-0.39, 0.29) is 12.5 Å². The Morgan fingerprint density at radius 2 is 1.90 bits per heavy atom. The molecule has 0 bridgehead atoms. The minimum atomic E-state index is -0.219. The first-order valence-electron chi connectivity index (χ1n) is 6.53. The molecular weight excluding hydrogens is 260 g/mol. The fourth-order valence-electron chi connectivity index (χ4n) is 1.47. The number of ether oxygens (including phenoxy) is 3. The maximum absolute atomic E-state index is 11.6. The molecule has 20 heavy (non-hydrogen) atoms. The number of nitrogens with one attached hydrogen (secondary N) is 1. The number of nitrogens with two attached hydrogens (primary N) is 1. The van der Waals surface area contributed by atoms with Crippen molar-refractivity contribution in [1.82, 2.24) is 0 Å². The average Bonchev–Trinajstić information content (AvgIpc) is 2.44. The fourth-order valence-corrected chi connectivity index (χ4v) is 1.47. The topological polar surface area (TPSA) is 82.8 Å². The van der Waals surface area contributed by atoms with Crippen LogP contribution in [0.2, 0.25) is 0 Å². The number of nitrogen functional groups attached to an aromatic ring is 1. The minimum Gasteiger partial charge on any atom is -0.397 e. The van der Waals surface area contributed by atoms with E-state index in [9.17, 15) is 4.79 Å². The van der Waals surface area contributed by atoms with E-state index in [0.29, 0.717) is 37.8 Å². The number of amides is 1. The van der Waals surface area contributed by atoms with E-state index in [2.05, 4.69) is 5.32 Å². The van der Waals surface area contributed by atoms with Crippen LogP contribution in [0.4, 0.5) is 11.4 Å². The number of carbonyl (C=O) groups excluding carboxylic acids is 1. The average molecular weight is 282 g/mol. The summed E-state index contributed by atoms with van der Waals surface area (Å²) in [7, 11) is 1.63. The molecule has 1 rings (SSSR count). The molecule has 0 aliphatic carbocycles. The van der Waals surface area contributed by atoms with Crippen LogP contribution in [0.25, 0.3) is 0 Å². The van der Waals surface area contributed by atoms with Gasteiger partial charge in [0.25, 0.3) is 0 Å². The molecular formula is C14H22N2O4. The van der Waals surface area contributed by atoms with Gasteiger partial charge in [-0.05, 0) is 18.6 Å². The molecule has 6 nitrogen and oxygen atoms in total. The van der Waals surface area contributed by atoms with Crippen molar-refractivity contribution >= 4 is 17.3 Å². The van der Waals surface area contributed by atoms with Gasteiger partial charge in [-0.2, -0.15) is 0 Å². The Kier molecular flexibility index (Phi) is 8.37. The molecule has 6 heteroatoms. The van der Waals surface area contributed by atoms with Gasteiger partial charge in [0.1, 0.15) is 6.61 Å². The van der Waals surface area contributed by atoms with Crippen LogP contribution in [0.5, 0.6) is 0 Å². The summed E-state index contributed by atoms with van der Waals surface area (Å²) in [5.74, 6) is -0.219. The third kappa shape index (κ3) is 7.08. The van der Waals surface area contributed by atoms with Crippen molar-refractivity contribution in [1.29, 1.82) is 0 Å². The standard InChI is InChI=1S/C14H22N2O4/c1-18-9-10-19-7-4-8-20-11-14(17)16-13-6-3-2-5-12(13)15/h2-3,5-6H,4,7-11,15H2,1H3,(H,16,17). The van der Waals surface area contributed by atoms with E-state index in [1.807, 2.05) is 12.1 Å². The lowest BCUT2D eigenvalue weighted by atomic mass is 10.3. The second-order valence-electron chi connectivity index (χ2n) is 4.15. The lowest BCUT2D eigenvalue weighted by Gasteiger charge is -2.08. The molecule has 0 atom stereocenters. The number of hydrogen-bond donors (Lipinski definition) is 2. The first-order valence-corrected chi connectivity index (χ1v) is 6.53. The summed E-state index contributed by atoms with van der Waals surface area (Å²) < 4.78 is 15.4. The number of anilines is 2. The largest absolute Gasteiger partial charge is 0.397 e. The Morgan fingerprint density at radius 3 is 2.65 bits per heavy atom. The molecule has 0 saturated carbocycles. The van der Waals surface area contributed by atoms with Crippen molar-refractivity contribution in [2.75, 3.05) is 51.2 Å². The summed E-state index contributed by atoms with van der Waals surface area (Å²) >= 11 is 0. The zero-order chi connectivity index (χ0) is 14.6. The molecule has 0 heterocycles. The summed E-state index contributed by atoms with van der Waals surface area (Å²) in [6.07, 6.45) is 0.741. The maximum atomic E-state index is 11.6. The van der Waals surface area contributed by atoms with E-state index in [1.54, 1.807) is 19.2 Å². The maximum Gasteiger partial charge on any atom is 0.250 e. The monoisotopic (exact) mass is 282 g/mol. The van der Waals surface area contributed by atoms with Crippen LogP contribution in [0.3, 0.4) is 0 Å². The zero-order valence-electron chi connectivity index (χ0n) is 11.8. The lowest BCUT2D eigenvalue weighted by Crippen LogP contribution is -2.19. The van der Waals surface area contributed by atoms with Gasteiger partial charge < -0.3 is 25.3 Å². The van der Waals surface area contributed by atoms with Crippen molar-refractivity contribution in [3.05, 3.63) is 24.3 Å². The predicted octanol–water partition coefficient (Wildman–Crippen LogP) is 1.28. The molecule has 1 amide bonds. The molecule has 0 saturated heterocycles. The molecule has 0 aliphatic rings. The number of methoxy groups -OCH3 is 1. The van der Waals surface area contributed by atoms with Crippen molar-refractivity contribution in [2.45, 2.75) is 6.42 Å². The van der Waals surface area contributed by atoms with Crippen LogP contribution >= 0.6 is 0 Å². The molecule has 0 aliphatic heterocycles. The minimum absolute atomic E-state index is 0.00635. The lowest BCUT2D eigenvalue weighted by molar-refractivity contribution is -0.120. The molecule has 0 spiro atoms. The molecule has 112 valence electrons. The normalized spacial score (nSPS) is 10.4. The zero-order valence-corrected chi connectivity index (χ0v) is 11.8. The number of hydrogen-bond acceptors (Lipinski definition) is 5. The third-order valence-electron chi connectivity index (χ3n) is 2.48. The Balaban J connectivity index is 2.05. The van der Waals surface area contributed by atoms with Crippen LogP contribution in [-0.4, -0.2) is 46.1 Å². The smallest absolute Gasteiger partial charge is 0.250 e. The van der Waals surface area contributed by atoms with Gasteiger partial charge in [-0.1, -0.05) is 12.1 Å². The summed E-state index contributed by atoms with van der Waals surface area (Å²) in [5.41, 5.74) is 6.86. The van der Waals surface area contributed by atoms with Gasteiger partial charge in [0.05, 0.1) is 24.6 Å². The van der Waals surface area contributed by atoms with Crippen LogP contribution in [0, 0.1) is 0 Å². The molecule has 0 radical (unpaired) electrons. The number of carbonyl (C=O) groups is 1. The molecule has 0 fully saturated rings.